The monoisotopic (exact) mass is 375 g/mol. The molecule has 1 saturated heterocycles. The lowest BCUT2D eigenvalue weighted by atomic mass is 10.1. The van der Waals surface area contributed by atoms with Crippen molar-refractivity contribution in [2.75, 3.05) is 16.4 Å². The van der Waals surface area contributed by atoms with Crippen LogP contribution in [0, 0.1) is 12.7 Å². The normalized spacial score (nSPS) is 17.2. The number of thioether (sulfide) groups is 2. The molecule has 0 spiro atoms. The number of benzene rings is 2. The van der Waals surface area contributed by atoms with Crippen molar-refractivity contribution < 1.29 is 14.0 Å². The smallest absolute Gasteiger partial charge is 0.238 e. The van der Waals surface area contributed by atoms with Gasteiger partial charge in [-0.2, -0.15) is 0 Å². The van der Waals surface area contributed by atoms with E-state index in [4.69, 9.17) is 0 Å². The lowest BCUT2D eigenvalue weighted by molar-refractivity contribution is -0.115. The number of aryl methyl sites for hydroxylation is 1. The van der Waals surface area contributed by atoms with Gasteiger partial charge in [0.25, 0.3) is 0 Å². The molecule has 2 aromatic carbocycles. The fourth-order valence-corrected chi connectivity index (χ4v) is 4.64. The minimum absolute atomic E-state index is 0.0378. The van der Waals surface area contributed by atoms with Crippen molar-refractivity contribution in [2.24, 2.45) is 0 Å². The Morgan fingerprint density at radius 2 is 2.00 bits per heavy atom. The molecule has 1 atom stereocenters. The predicted octanol–water partition coefficient (Wildman–Crippen LogP) is 4.81. The third-order valence-electron chi connectivity index (χ3n) is 4.00. The molecular weight excluding hydrogens is 357 g/mol. The quantitative estimate of drug-likeness (QED) is 0.769. The Hall–Kier alpha value is -1.79. The van der Waals surface area contributed by atoms with E-state index in [9.17, 15) is 14.0 Å². The van der Waals surface area contributed by atoms with Gasteiger partial charge in [-0.05, 0) is 42.0 Å². The zero-order chi connectivity index (χ0) is 18.0. The first-order valence-electron chi connectivity index (χ1n) is 7.98. The lowest BCUT2D eigenvalue weighted by Gasteiger charge is -2.27. The minimum atomic E-state index is -0.310. The van der Waals surface area contributed by atoms with E-state index in [0.29, 0.717) is 22.8 Å². The molecule has 1 aliphatic heterocycles. The van der Waals surface area contributed by atoms with Crippen molar-refractivity contribution in [2.45, 2.75) is 19.2 Å². The predicted molar refractivity (Wildman–Crippen MR) is 103 cm³/mol. The summed E-state index contributed by atoms with van der Waals surface area (Å²) in [6, 6.07) is 11.7. The molecule has 3 nitrogen and oxygen atoms in total. The van der Waals surface area contributed by atoms with E-state index < -0.39 is 0 Å². The fourth-order valence-electron chi connectivity index (χ4n) is 2.89. The van der Waals surface area contributed by atoms with Crippen LogP contribution in [-0.2, 0) is 4.79 Å². The summed E-state index contributed by atoms with van der Waals surface area (Å²) in [5, 5.41) is -0.295. The van der Waals surface area contributed by atoms with E-state index in [2.05, 4.69) is 0 Å². The molecule has 1 amide bonds. The SMILES string of the molecule is CCSC(=O)c1cccc(C)c1N1C(=O)CSC1c1ccc(F)cc1. The molecule has 0 N–H and O–H groups in total. The Labute approximate surface area is 155 Å². The van der Waals surface area contributed by atoms with Crippen LogP contribution in [0.3, 0.4) is 0 Å². The molecule has 3 rings (SSSR count). The average Bonchev–Trinajstić information content (AvgIpc) is 2.97. The highest BCUT2D eigenvalue weighted by Gasteiger charge is 2.36. The highest BCUT2D eigenvalue weighted by molar-refractivity contribution is 8.14. The van der Waals surface area contributed by atoms with Crippen LogP contribution < -0.4 is 4.90 Å². The summed E-state index contributed by atoms with van der Waals surface area (Å²) in [6.07, 6.45) is 0. The van der Waals surface area contributed by atoms with Crippen molar-refractivity contribution in [1.29, 1.82) is 0 Å². The van der Waals surface area contributed by atoms with Crippen LogP contribution in [0.25, 0.3) is 0 Å². The second kappa shape index (κ2) is 7.62. The third-order valence-corrected chi connectivity index (χ3v) is 5.98. The number of rotatable bonds is 4. The molecular formula is C19H18FNO2S2. The summed E-state index contributed by atoms with van der Waals surface area (Å²) < 4.78 is 13.3. The summed E-state index contributed by atoms with van der Waals surface area (Å²) in [4.78, 5) is 26.9. The number of hydrogen-bond donors (Lipinski definition) is 0. The molecule has 0 aliphatic carbocycles. The molecule has 130 valence electrons. The van der Waals surface area contributed by atoms with Crippen molar-refractivity contribution in [3.8, 4) is 0 Å². The Balaban J connectivity index is 2.08. The van der Waals surface area contributed by atoms with Crippen molar-refractivity contribution in [3.05, 3.63) is 65.0 Å². The van der Waals surface area contributed by atoms with Crippen molar-refractivity contribution in [3.63, 3.8) is 0 Å². The molecule has 1 aliphatic rings. The Morgan fingerprint density at radius 1 is 1.28 bits per heavy atom. The Kier molecular flexibility index (Phi) is 5.49. The highest BCUT2D eigenvalue weighted by Crippen LogP contribution is 2.44. The van der Waals surface area contributed by atoms with Gasteiger partial charge in [0.1, 0.15) is 11.2 Å². The molecule has 6 heteroatoms. The van der Waals surface area contributed by atoms with Crippen LogP contribution >= 0.6 is 23.5 Å². The van der Waals surface area contributed by atoms with Crippen LogP contribution in [-0.4, -0.2) is 22.5 Å². The molecule has 0 aromatic heterocycles. The molecule has 1 unspecified atom stereocenters. The van der Waals surface area contributed by atoms with Crippen LogP contribution in [0.5, 0.6) is 0 Å². The van der Waals surface area contributed by atoms with E-state index >= 15 is 0 Å². The molecule has 0 saturated carbocycles. The summed E-state index contributed by atoms with van der Waals surface area (Å²) in [6.45, 7) is 3.83. The maximum Gasteiger partial charge on any atom is 0.238 e. The van der Waals surface area contributed by atoms with Gasteiger partial charge in [0.2, 0.25) is 11.0 Å². The van der Waals surface area contributed by atoms with Crippen LogP contribution in [0.1, 0.15) is 33.8 Å². The van der Waals surface area contributed by atoms with Gasteiger partial charge >= 0.3 is 0 Å². The van der Waals surface area contributed by atoms with E-state index in [1.54, 1.807) is 23.1 Å². The first-order chi connectivity index (χ1) is 12.0. The van der Waals surface area contributed by atoms with E-state index in [1.165, 1.54) is 35.7 Å². The Morgan fingerprint density at radius 3 is 2.68 bits per heavy atom. The third kappa shape index (κ3) is 3.60. The maximum absolute atomic E-state index is 13.3. The topological polar surface area (TPSA) is 37.4 Å². The van der Waals surface area contributed by atoms with Gasteiger partial charge in [-0.15, -0.1) is 11.8 Å². The van der Waals surface area contributed by atoms with Gasteiger partial charge in [0.15, 0.2) is 0 Å². The second-order valence-electron chi connectivity index (χ2n) is 5.67. The second-order valence-corrected chi connectivity index (χ2v) is 7.98. The van der Waals surface area contributed by atoms with Gasteiger partial charge in [-0.25, -0.2) is 4.39 Å². The molecule has 1 heterocycles. The number of carbonyl (C=O) groups is 2. The van der Waals surface area contributed by atoms with Gasteiger partial charge in [-0.1, -0.05) is 43.0 Å². The fraction of sp³-hybridized carbons (Fsp3) is 0.263. The molecule has 0 bridgehead atoms. The number of para-hydroxylation sites is 1. The summed E-state index contributed by atoms with van der Waals surface area (Å²) >= 11 is 2.72. The molecule has 1 fully saturated rings. The van der Waals surface area contributed by atoms with Crippen LogP contribution in [0.4, 0.5) is 10.1 Å². The average molecular weight is 375 g/mol. The molecule has 2 aromatic rings. The van der Waals surface area contributed by atoms with Crippen LogP contribution in [0.15, 0.2) is 42.5 Å². The summed E-state index contributed by atoms with van der Waals surface area (Å²) in [5.41, 5.74) is 2.94. The Bertz CT molecular complexity index is 808. The minimum Gasteiger partial charge on any atom is -0.294 e. The summed E-state index contributed by atoms with van der Waals surface area (Å²) in [5.74, 6) is 0.668. The van der Waals surface area contributed by atoms with E-state index in [-0.39, 0.29) is 22.2 Å². The van der Waals surface area contributed by atoms with Crippen LogP contribution in [0.2, 0.25) is 0 Å². The highest BCUT2D eigenvalue weighted by atomic mass is 32.2. The van der Waals surface area contributed by atoms with Gasteiger partial charge in [0, 0.05) is 0 Å². The lowest BCUT2D eigenvalue weighted by Crippen LogP contribution is -2.30. The number of anilines is 1. The zero-order valence-corrected chi connectivity index (χ0v) is 15.6. The number of nitrogens with zero attached hydrogens (tertiary/aromatic N) is 1. The van der Waals surface area contributed by atoms with Crippen molar-refractivity contribution in [1.82, 2.24) is 0 Å². The molecule has 25 heavy (non-hydrogen) atoms. The standard InChI is InChI=1S/C19H18FNO2S2/c1-3-24-19(23)15-6-4-5-12(2)17(15)21-16(22)11-25-18(21)13-7-9-14(20)10-8-13/h4-10,18H,3,11H2,1-2H3. The zero-order valence-electron chi connectivity index (χ0n) is 14.0. The van der Waals surface area contributed by atoms with Gasteiger partial charge in [-0.3, -0.25) is 14.5 Å². The number of hydrogen-bond acceptors (Lipinski definition) is 4. The number of halogens is 1. The first kappa shape index (κ1) is 18.0. The maximum atomic E-state index is 13.3. The number of amides is 1. The van der Waals surface area contributed by atoms with E-state index in [1.807, 2.05) is 26.0 Å². The molecule has 0 radical (unpaired) electrons. The van der Waals surface area contributed by atoms with Crippen molar-refractivity contribution >= 4 is 40.2 Å². The number of carbonyl (C=O) groups excluding carboxylic acids is 2. The summed E-state index contributed by atoms with van der Waals surface area (Å²) in [7, 11) is 0. The largest absolute Gasteiger partial charge is 0.294 e. The van der Waals surface area contributed by atoms with Gasteiger partial charge < -0.3 is 0 Å². The van der Waals surface area contributed by atoms with E-state index in [0.717, 1.165) is 11.1 Å². The first-order valence-corrected chi connectivity index (χ1v) is 10.0. The van der Waals surface area contributed by atoms with Gasteiger partial charge in [0.05, 0.1) is 17.0 Å².